The Morgan fingerprint density at radius 1 is 1.11 bits per heavy atom. The molecule has 2 atom stereocenters. The topological polar surface area (TPSA) is 88.4 Å². The van der Waals surface area contributed by atoms with Gasteiger partial charge in [0, 0.05) is 5.69 Å². The average molecular weight is 380 g/mol. The lowest BCUT2D eigenvalue weighted by Crippen LogP contribution is -2.32. The van der Waals surface area contributed by atoms with Crippen molar-refractivity contribution in [2.45, 2.75) is 39.2 Å². The Kier molecular flexibility index (Phi) is 7.58. The monoisotopic (exact) mass is 380 g/mol. The summed E-state index contributed by atoms with van der Waals surface area (Å²) in [5.41, 5.74) is 2.07. The summed E-state index contributed by atoms with van der Waals surface area (Å²) in [7, 11) is 0. The minimum Gasteiger partial charge on any atom is -0.481 e. The third-order valence-corrected chi connectivity index (χ3v) is 4.39. The molecule has 1 amide bonds. The quantitative estimate of drug-likeness (QED) is 0.699. The molecule has 0 saturated carbocycles. The molecule has 28 heavy (non-hydrogen) atoms. The van der Waals surface area contributed by atoms with Crippen LogP contribution >= 0.6 is 0 Å². The van der Waals surface area contributed by atoms with Crippen LogP contribution in [0.1, 0.15) is 44.2 Å². The molecule has 1 N–H and O–H groups in total. The number of nitriles is 1. The van der Waals surface area contributed by atoms with Gasteiger partial charge in [-0.2, -0.15) is 5.26 Å². The second-order valence-corrected chi connectivity index (χ2v) is 6.41. The number of carbonyl (C=O) groups is 2. The van der Waals surface area contributed by atoms with E-state index >= 15 is 0 Å². The highest BCUT2D eigenvalue weighted by Crippen LogP contribution is 2.26. The van der Waals surface area contributed by atoms with Crippen LogP contribution in [0.3, 0.4) is 0 Å². The molecule has 2 aromatic carbocycles. The first kappa shape index (κ1) is 21.0. The van der Waals surface area contributed by atoms with E-state index in [4.69, 9.17) is 14.7 Å². The molecule has 0 aliphatic heterocycles. The lowest BCUT2D eigenvalue weighted by atomic mass is 9.97. The Bertz CT molecular complexity index is 873. The average Bonchev–Trinajstić information content (AvgIpc) is 2.72. The van der Waals surface area contributed by atoms with Gasteiger partial charge in [-0.3, -0.25) is 4.79 Å². The third kappa shape index (κ3) is 5.58. The Balaban J connectivity index is 1.92. The fraction of sp³-hybridized carbons (Fsp3) is 0.318. The van der Waals surface area contributed by atoms with E-state index in [-0.39, 0.29) is 6.61 Å². The lowest BCUT2D eigenvalue weighted by Gasteiger charge is -2.18. The van der Waals surface area contributed by atoms with Crippen LogP contribution in [-0.2, 0) is 14.3 Å². The van der Waals surface area contributed by atoms with Crippen LogP contribution in [0.4, 0.5) is 5.69 Å². The molecule has 146 valence electrons. The van der Waals surface area contributed by atoms with Crippen LogP contribution in [-0.4, -0.2) is 24.6 Å². The number of para-hydroxylation sites is 2. The van der Waals surface area contributed by atoms with Gasteiger partial charge in [-0.25, -0.2) is 4.79 Å². The summed E-state index contributed by atoms with van der Waals surface area (Å²) in [5.74, 6) is -0.517. The molecular weight excluding hydrogens is 356 g/mol. The number of nitrogens with one attached hydrogen (secondary N) is 1. The molecule has 6 nitrogen and oxygen atoms in total. The van der Waals surface area contributed by atoms with Crippen molar-refractivity contribution in [3.63, 3.8) is 0 Å². The lowest BCUT2D eigenvalue weighted by molar-refractivity contribution is -0.155. The molecule has 2 aromatic rings. The number of anilines is 1. The van der Waals surface area contributed by atoms with Crippen molar-refractivity contribution in [2.24, 2.45) is 0 Å². The molecular formula is C22H24N2O4. The summed E-state index contributed by atoms with van der Waals surface area (Å²) in [6.45, 7) is 5.28. The van der Waals surface area contributed by atoms with E-state index in [9.17, 15) is 9.59 Å². The number of ether oxygens (including phenoxy) is 2. The number of carbonyl (C=O) groups excluding carboxylic acids is 2. The maximum Gasteiger partial charge on any atom is 0.344 e. The van der Waals surface area contributed by atoms with Gasteiger partial charge >= 0.3 is 5.97 Å². The number of esters is 1. The van der Waals surface area contributed by atoms with Crippen LogP contribution in [0.25, 0.3) is 0 Å². The standard InChI is InChI=1S/C22H24N2O4/c1-4-15(2)18-10-6-7-11-19(18)24-22(26)16(3)28-21(25)14-27-20-12-8-5-9-17(20)13-23/h5-12,15-16H,4,14H2,1-3H3,(H,24,26)/t15-,16-/m0/s1. The maximum atomic E-state index is 12.4. The Hall–Kier alpha value is -3.33. The van der Waals surface area contributed by atoms with E-state index in [1.54, 1.807) is 24.3 Å². The zero-order valence-electron chi connectivity index (χ0n) is 16.3. The minimum absolute atomic E-state index is 0.293. The van der Waals surface area contributed by atoms with E-state index in [2.05, 4.69) is 19.2 Å². The van der Waals surface area contributed by atoms with Gasteiger partial charge in [0.15, 0.2) is 12.7 Å². The van der Waals surface area contributed by atoms with Crippen LogP contribution in [0.5, 0.6) is 5.75 Å². The molecule has 6 heteroatoms. The first-order valence-electron chi connectivity index (χ1n) is 9.17. The van der Waals surface area contributed by atoms with Crippen molar-refractivity contribution in [3.8, 4) is 11.8 Å². The van der Waals surface area contributed by atoms with Crippen LogP contribution < -0.4 is 10.1 Å². The van der Waals surface area contributed by atoms with Gasteiger partial charge in [0.25, 0.3) is 5.91 Å². The molecule has 0 aliphatic carbocycles. The van der Waals surface area contributed by atoms with E-state index in [1.807, 2.05) is 30.3 Å². The van der Waals surface area contributed by atoms with E-state index < -0.39 is 18.0 Å². The normalized spacial score (nSPS) is 12.4. The van der Waals surface area contributed by atoms with Crippen molar-refractivity contribution in [1.82, 2.24) is 0 Å². The molecule has 0 aliphatic rings. The molecule has 0 aromatic heterocycles. The number of rotatable bonds is 8. The van der Waals surface area contributed by atoms with Gasteiger partial charge in [-0.05, 0) is 43.0 Å². The van der Waals surface area contributed by atoms with Gasteiger partial charge < -0.3 is 14.8 Å². The van der Waals surface area contributed by atoms with Gasteiger partial charge in [-0.1, -0.05) is 44.2 Å². The van der Waals surface area contributed by atoms with Crippen LogP contribution in [0, 0.1) is 11.3 Å². The van der Waals surface area contributed by atoms with Gasteiger partial charge in [-0.15, -0.1) is 0 Å². The summed E-state index contributed by atoms with van der Waals surface area (Å²) in [6, 6.07) is 16.1. The molecule has 0 spiro atoms. The van der Waals surface area contributed by atoms with Crippen molar-refractivity contribution in [1.29, 1.82) is 5.26 Å². The number of amides is 1. The molecule has 2 rings (SSSR count). The Morgan fingerprint density at radius 2 is 1.79 bits per heavy atom. The smallest absolute Gasteiger partial charge is 0.344 e. The summed E-state index contributed by atoms with van der Waals surface area (Å²) in [6.07, 6.45) is -0.0360. The highest BCUT2D eigenvalue weighted by Gasteiger charge is 2.20. The van der Waals surface area contributed by atoms with Crippen molar-refractivity contribution < 1.29 is 19.1 Å². The summed E-state index contributed by atoms with van der Waals surface area (Å²) >= 11 is 0. The highest BCUT2D eigenvalue weighted by molar-refractivity contribution is 5.95. The second-order valence-electron chi connectivity index (χ2n) is 6.41. The van der Waals surface area contributed by atoms with Gasteiger partial charge in [0.05, 0.1) is 5.56 Å². The Morgan fingerprint density at radius 3 is 2.50 bits per heavy atom. The zero-order chi connectivity index (χ0) is 20.5. The molecule has 0 heterocycles. The molecule has 0 radical (unpaired) electrons. The number of hydrogen-bond acceptors (Lipinski definition) is 5. The number of benzene rings is 2. The summed E-state index contributed by atoms with van der Waals surface area (Å²) in [5, 5.41) is 11.8. The Labute approximate surface area is 165 Å². The third-order valence-electron chi connectivity index (χ3n) is 4.39. The van der Waals surface area contributed by atoms with Crippen molar-refractivity contribution in [2.75, 3.05) is 11.9 Å². The first-order valence-corrected chi connectivity index (χ1v) is 9.17. The molecule has 0 saturated heterocycles. The van der Waals surface area contributed by atoms with Gasteiger partial charge in [0.2, 0.25) is 0 Å². The van der Waals surface area contributed by atoms with E-state index in [0.29, 0.717) is 22.9 Å². The molecule has 0 bridgehead atoms. The van der Waals surface area contributed by atoms with Crippen LogP contribution in [0.2, 0.25) is 0 Å². The largest absolute Gasteiger partial charge is 0.481 e. The van der Waals surface area contributed by atoms with Gasteiger partial charge in [0.1, 0.15) is 11.8 Å². The molecule has 0 unspecified atom stereocenters. The maximum absolute atomic E-state index is 12.4. The summed E-state index contributed by atoms with van der Waals surface area (Å²) in [4.78, 5) is 24.4. The van der Waals surface area contributed by atoms with Crippen molar-refractivity contribution >= 4 is 17.6 Å². The second kappa shape index (κ2) is 10.1. The fourth-order valence-corrected chi connectivity index (χ4v) is 2.60. The predicted molar refractivity (Wildman–Crippen MR) is 106 cm³/mol. The number of nitrogens with zero attached hydrogens (tertiary/aromatic N) is 1. The fourth-order valence-electron chi connectivity index (χ4n) is 2.60. The van der Waals surface area contributed by atoms with Crippen molar-refractivity contribution in [3.05, 3.63) is 59.7 Å². The van der Waals surface area contributed by atoms with Crippen LogP contribution in [0.15, 0.2) is 48.5 Å². The minimum atomic E-state index is -0.979. The predicted octanol–water partition coefficient (Wildman–Crippen LogP) is 4.02. The highest BCUT2D eigenvalue weighted by atomic mass is 16.6. The number of hydrogen-bond donors (Lipinski definition) is 1. The molecule has 0 fully saturated rings. The van der Waals surface area contributed by atoms with E-state index in [0.717, 1.165) is 12.0 Å². The SMILES string of the molecule is CC[C@H](C)c1ccccc1NC(=O)[C@H](C)OC(=O)COc1ccccc1C#N. The van der Waals surface area contributed by atoms with E-state index in [1.165, 1.54) is 6.92 Å². The zero-order valence-corrected chi connectivity index (χ0v) is 16.3. The first-order chi connectivity index (χ1) is 13.5. The summed E-state index contributed by atoms with van der Waals surface area (Å²) < 4.78 is 10.5.